The number of anilines is 2. The molecular formula is C26H28N4O3S2. The van der Waals surface area contributed by atoms with Crippen LogP contribution < -0.4 is 9.80 Å². The molecule has 0 spiro atoms. The fraction of sp³-hybridized carbons (Fsp3) is 0.423. The van der Waals surface area contributed by atoms with E-state index in [1.165, 1.54) is 17.3 Å². The topological polar surface area (TPSA) is 93.8 Å². The summed E-state index contributed by atoms with van der Waals surface area (Å²) in [5.41, 5.74) is 3.37. The molecule has 0 N–H and O–H groups in total. The summed E-state index contributed by atoms with van der Waals surface area (Å²) in [5.74, 6) is 0.325. The lowest BCUT2D eigenvalue weighted by Crippen LogP contribution is -2.38. The number of hydrogen-bond acceptors (Lipinski definition) is 6. The molecule has 2 aromatic carbocycles. The lowest BCUT2D eigenvalue weighted by Gasteiger charge is -2.34. The Morgan fingerprint density at radius 1 is 1.03 bits per heavy atom. The molecule has 0 radical (unpaired) electrons. The molecule has 7 nitrogen and oxygen atoms in total. The minimum Gasteiger partial charge on any atom is -0.372 e. The standard InChI is InChI=1S/C26H28N4O3S2/c27-13-10-25(31)28-26-30(23-17-35(32,33)18-24(23)34-26)22-8-6-21(7-9-22)29-14-11-20(12-15-29)16-19-4-2-1-3-5-19/h1-9,20,23-24H,10-12,14-18H2/t23-,24+/m0/s1. The highest BCUT2D eigenvalue weighted by molar-refractivity contribution is 8.16. The van der Waals surface area contributed by atoms with E-state index in [0.717, 1.165) is 43.7 Å². The lowest BCUT2D eigenvalue weighted by molar-refractivity contribution is -0.116. The van der Waals surface area contributed by atoms with Crippen LogP contribution >= 0.6 is 11.8 Å². The predicted octanol–water partition coefficient (Wildman–Crippen LogP) is 3.66. The molecule has 2 aromatic rings. The van der Waals surface area contributed by atoms with E-state index in [4.69, 9.17) is 5.26 Å². The maximum Gasteiger partial charge on any atom is 0.262 e. The van der Waals surface area contributed by atoms with Gasteiger partial charge in [-0.15, -0.1) is 0 Å². The van der Waals surface area contributed by atoms with Crippen molar-refractivity contribution in [1.29, 1.82) is 5.26 Å². The Balaban J connectivity index is 1.29. The Bertz CT molecular complexity index is 1250. The monoisotopic (exact) mass is 508 g/mol. The van der Waals surface area contributed by atoms with Crippen LogP contribution in [0.3, 0.4) is 0 Å². The van der Waals surface area contributed by atoms with E-state index in [9.17, 15) is 13.2 Å². The van der Waals surface area contributed by atoms with Crippen LogP contribution in [-0.4, -0.2) is 55.4 Å². The summed E-state index contributed by atoms with van der Waals surface area (Å²) in [6.07, 6.45) is 3.14. The van der Waals surface area contributed by atoms with E-state index in [2.05, 4.69) is 52.4 Å². The van der Waals surface area contributed by atoms with Gasteiger partial charge in [-0.1, -0.05) is 42.1 Å². The van der Waals surface area contributed by atoms with Crippen LogP contribution in [0.25, 0.3) is 0 Å². The van der Waals surface area contributed by atoms with Gasteiger partial charge in [0.1, 0.15) is 6.42 Å². The third kappa shape index (κ3) is 5.39. The maximum absolute atomic E-state index is 12.3. The summed E-state index contributed by atoms with van der Waals surface area (Å²) in [6.45, 7) is 2.02. The van der Waals surface area contributed by atoms with Gasteiger partial charge < -0.3 is 9.80 Å². The highest BCUT2D eigenvalue weighted by Crippen LogP contribution is 2.41. The van der Waals surface area contributed by atoms with Crippen molar-refractivity contribution in [1.82, 2.24) is 0 Å². The minimum atomic E-state index is -3.12. The molecule has 0 aliphatic carbocycles. The molecule has 9 heteroatoms. The molecule has 3 saturated heterocycles. The van der Waals surface area contributed by atoms with Crippen molar-refractivity contribution >= 4 is 44.0 Å². The number of nitrogens with zero attached hydrogens (tertiary/aromatic N) is 4. The molecule has 3 heterocycles. The number of amidine groups is 1. The molecule has 0 aromatic heterocycles. The maximum atomic E-state index is 12.3. The zero-order valence-corrected chi connectivity index (χ0v) is 21.0. The molecular weight excluding hydrogens is 480 g/mol. The summed E-state index contributed by atoms with van der Waals surface area (Å²) < 4.78 is 24.5. The van der Waals surface area contributed by atoms with Crippen molar-refractivity contribution in [2.75, 3.05) is 34.4 Å². The van der Waals surface area contributed by atoms with Crippen LogP contribution in [0.4, 0.5) is 11.4 Å². The summed E-state index contributed by atoms with van der Waals surface area (Å²) in [7, 11) is -3.12. The number of carbonyl (C=O) groups is 1. The molecule has 5 rings (SSSR count). The molecule has 0 saturated carbocycles. The van der Waals surface area contributed by atoms with Gasteiger partial charge >= 0.3 is 0 Å². The third-order valence-electron chi connectivity index (χ3n) is 6.99. The number of piperidine rings is 1. The first-order valence-electron chi connectivity index (χ1n) is 12.0. The van der Waals surface area contributed by atoms with Gasteiger partial charge in [0.15, 0.2) is 15.0 Å². The Morgan fingerprint density at radius 2 is 1.71 bits per heavy atom. The first-order valence-corrected chi connectivity index (χ1v) is 14.7. The molecule has 0 unspecified atom stereocenters. The van der Waals surface area contributed by atoms with Crippen molar-refractivity contribution < 1.29 is 13.2 Å². The van der Waals surface area contributed by atoms with Gasteiger partial charge in [-0.2, -0.15) is 10.3 Å². The van der Waals surface area contributed by atoms with Crippen molar-refractivity contribution in [3.05, 3.63) is 60.2 Å². The fourth-order valence-electron chi connectivity index (χ4n) is 5.25. The van der Waals surface area contributed by atoms with Crippen LogP contribution in [0.15, 0.2) is 59.6 Å². The number of fused-ring (bicyclic) bond motifs is 1. The van der Waals surface area contributed by atoms with Gasteiger partial charge in [-0.3, -0.25) is 4.79 Å². The Morgan fingerprint density at radius 3 is 2.40 bits per heavy atom. The van der Waals surface area contributed by atoms with Gasteiger partial charge in [0, 0.05) is 29.7 Å². The first-order chi connectivity index (χ1) is 16.9. The Kier molecular flexibility index (Phi) is 6.85. The van der Waals surface area contributed by atoms with Crippen molar-refractivity contribution in [3.8, 4) is 6.07 Å². The van der Waals surface area contributed by atoms with E-state index in [1.807, 2.05) is 23.1 Å². The van der Waals surface area contributed by atoms with Crippen LogP contribution in [0.2, 0.25) is 0 Å². The summed E-state index contributed by atoms with van der Waals surface area (Å²) in [5, 5.41) is 9.16. The van der Waals surface area contributed by atoms with E-state index in [0.29, 0.717) is 11.1 Å². The van der Waals surface area contributed by atoms with Crippen LogP contribution in [-0.2, 0) is 21.1 Å². The fourth-order valence-corrected chi connectivity index (χ4v) is 9.18. The largest absolute Gasteiger partial charge is 0.372 e. The average molecular weight is 509 g/mol. The minimum absolute atomic E-state index is 0.0484. The number of carbonyl (C=O) groups excluding carboxylic acids is 1. The lowest BCUT2D eigenvalue weighted by atomic mass is 9.90. The van der Waals surface area contributed by atoms with Crippen LogP contribution in [0, 0.1) is 17.2 Å². The molecule has 1 amide bonds. The molecule has 2 atom stereocenters. The Hall–Kier alpha value is -2.83. The second-order valence-corrected chi connectivity index (χ2v) is 12.8. The average Bonchev–Trinajstić information content (AvgIpc) is 3.31. The number of thioether (sulfide) groups is 1. The highest BCUT2D eigenvalue weighted by Gasteiger charge is 2.49. The molecule has 3 fully saturated rings. The highest BCUT2D eigenvalue weighted by atomic mass is 32.2. The van der Waals surface area contributed by atoms with Crippen molar-refractivity contribution in [2.24, 2.45) is 10.9 Å². The van der Waals surface area contributed by atoms with E-state index >= 15 is 0 Å². The van der Waals surface area contributed by atoms with E-state index in [-0.39, 0.29) is 29.2 Å². The Labute approximate surface area is 210 Å². The van der Waals surface area contributed by atoms with Crippen LogP contribution in [0.1, 0.15) is 24.8 Å². The molecule has 35 heavy (non-hydrogen) atoms. The molecule has 3 aliphatic heterocycles. The SMILES string of the molecule is N#CCC(=O)N=C1S[C@@H]2CS(=O)(=O)C[C@@H]2N1c1ccc(N2CCC(Cc3ccccc3)CC2)cc1. The number of sulfone groups is 1. The number of benzene rings is 2. The second kappa shape index (κ2) is 10.0. The smallest absolute Gasteiger partial charge is 0.262 e. The normalized spacial score (nSPS) is 24.9. The van der Waals surface area contributed by atoms with E-state index in [1.54, 1.807) is 0 Å². The van der Waals surface area contributed by atoms with Gasteiger partial charge in [-0.25, -0.2) is 8.42 Å². The number of aliphatic imine (C=N–C) groups is 1. The van der Waals surface area contributed by atoms with Crippen molar-refractivity contribution in [3.63, 3.8) is 0 Å². The zero-order chi connectivity index (χ0) is 24.4. The van der Waals surface area contributed by atoms with Crippen molar-refractivity contribution in [2.45, 2.75) is 37.0 Å². The second-order valence-electron chi connectivity index (χ2n) is 9.43. The molecule has 182 valence electrons. The summed E-state index contributed by atoms with van der Waals surface area (Å²) >= 11 is 1.33. The number of hydrogen-bond donors (Lipinski definition) is 0. The zero-order valence-electron chi connectivity index (χ0n) is 19.4. The number of amides is 1. The summed E-state index contributed by atoms with van der Waals surface area (Å²) in [4.78, 5) is 20.5. The van der Waals surface area contributed by atoms with Crippen LogP contribution in [0.5, 0.6) is 0 Å². The number of rotatable bonds is 5. The van der Waals surface area contributed by atoms with Gasteiger partial charge in [0.2, 0.25) is 0 Å². The predicted molar refractivity (Wildman–Crippen MR) is 140 cm³/mol. The number of nitriles is 1. The van der Waals surface area contributed by atoms with Gasteiger partial charge in [0.25, 0.3) is 5.91 Å². The molecule has 0 bridgehead atoms. The summed E-state index contributed by atoms with van der Waals surface area (Å²) in [6, 6.07) is 20.4. The van der Waals surface area contributed by atoms with E-state index < -0.39 is 15.7 Å². The first kappa shape index (κ1) is 23.9. The third-order valence-corrected chi connectivity index (χ3v) is 10.2. The van der Waals surface area contributed by atoms with Gasteiger partial charge in [-0.05, 0) is 55.0 Å². The quantitative estimate of drug-likeness (QED) is 0.608. The molecule has 3 aliphatic rings. The van der Waals surface area contributed by atoms with Gasteiger partial charge in [0.05, 0.1) is 23.6 Å².